The lowest BCUT2D eigenvalue weighted by atomic mass is 9.99. The Hall–Kier alpha value is -1.03. The third-order valence-corrected chi connectivity index (χ3v) is 4.49. The van der Waals surface area contributed by atoms with Crippen molar-refractivity contribution in [1.29, 1.82) is 0 Å². The van der Waals surface area contributed by atoms with Crippen LogP contribution in [0.15, 0.2) is 6.07 Å². The van der Waals surface area contributed by atoms with Crippen LogP contribution in [0.5, 0.6) is 0 Å². The molecule has 0 unspecified atom stereocenters. The number of anilines is 2. The molecule has 3 N–H and O–H groups in total. The molecule has 17 heavy (non-hydrogen) atoms. The summed E-state index contributed by atoms with van der Waals surface area (Å²) in [5.74, 6) is 0.876. The fourth-order valence-corrected chi connectivity index (χ4v) is 3.22. The number of Topliss-reactive ketones (excluding diaryl/α,β-unsaturated/α-hetero) is 1. The zero-order valence-corrected chi connectivity index (χ0v) is 11.5. The molecule has 94 valence electrons. The first-order chi connectivity index (χ1) is 7.94. The smallest absolute Gasteiger partial charge is 0.174 e. The van der Waals surface area contributed by atoms with Gasteiger partial charge in [0.2, 0.25) is 0 Å². The minimum atomic E-state index is 0.101. The summed E-state index contributed by atoms with van der Waals surface area (Å²) in [7, 11) is 0. The van der Waals surface area contributed by atoms with Gasteiger partial charge in [-0.15, -0.1) is 11.3 Å². The quantitative estimate of drug-likeness (QED) is 0.788. The van der Waals surface area contributed by atoms with E-state index in [0.29, 0.717) is 17.0 Å². The third-order valence-electron chi connectivity index (χ3n) is 3.38. The van der Waals surface area contributed by atoms with Crippen molar-refractivity contribution >= 4 is 27.8 Å². The van der Waals surface area contributed by atoms with Crippen molar-refractivity contribution in [3.63, 3.8) is 0 Å². The molecule has 1 heterocycles. The molecule has 1 fully saturated rings. The molecule has 3 nitrogen and oxygen atoms in total. The lowest BCUT2D eigenvalue weighted by molar-refractivity contribution is 0.0993. The molecule has 1 saturated carbocycles. The summed E-state index contributed by atoms with van der Waals surface area (Å²) in [6, 6.07) is 1.89. The Bertz CT molecular complexity index is 433. The van der Waals surface area contributed by atoms with Crippen molar-refractivity contribution in [3.8, 4) is 0 Å². The average molecular weight is 252 g/mol. The van der Waals surface area contributed by atoms with Gasteiger partial charge in [0.1, 0.15) is 0 Å². The Morgan fingerprint density at radius 3 is 2.76 bits per heavy atom. The summed E-state index contributed by atoms with van der Waals surface area (Å²) in [5, 5.41) is 4.52. The molecule has 0 saturated heterocycles. The number of ketones is 1. The van der Waals surface area contributed by atoms with Gasteiger partial charge in [0.05, 0.1) is 15.6 Å². The predicted molar refractivity (Wildman–Crippen MR) is 73.8 cm³/mol. The molecule has 1 aliphatic rings. The van der Waals surface area contributed by atoms with E-state index < -0.39 is 0 Å². The van der Waals surface area contributed by atoms with Gasteiger partial charge in [-0.05, 0) is 38.7 Å². The maximum Gasteiger partial charge on any atom is 0.174 e. The molecule has 0 atom stereocenters. The number of carbonyl (C=O) groups excluding carboxylic acids is 1. The van der Waals surface area contributed by atoms with Crippen LogP contribution in [0.3, 0.4) is 0 Å². The molecule has 0 amide bonds. The summed E-state index contributed by atoms with van der Waals surface area (Å²) in [6.07, 6.45) is 3.10. The maximum absolute atomic E-state index is 11.7. The molecule has 2 rings (SSSR count). The highest BCUT2D eigenvalue weighted by atomic mass is 32.1. The Morgan fingerprint density at radius 2 is 2.24 bits per heavy atom. The monoisotopic (exact) mass is 252 g/mol. The molecule has 0 radical (unpaired) electrons. The molecule has 0 aliphatic heterocycles. The number of rotatable bonds is 5. The molecule has 0 bridgehead atoms. The lowest BCUT2D eigenvalue weighted by Crippen LogP contribution is -2.32. The van der Waals surface area contributed by atoms with E-state index in [0.717, 1.165) is 10.9 Å². The Morgan fingerprint density at radius 1 is 1.59 bits per heavy atom. The minimum Gasteiger partial charge on any atom is -0.397 e. The van der Waals surface area contributed by atoms with Crippen LogP contribution in [0, 0.1) is 5.92 Å². The van der Waals surface area contributed by atoms with Gasteiger partial charge in [-0.2, -0.15) is 0 Å². The highest BCUT2D eigenvalue weighted by Crippen LogP contribution is 2.42. The molecule has 1 aromatic rings. The van der Waals surface area contributed by atoms with Gasteiger partial charge in [0, 0.05) is 12.0 Å². The zero-order chi connectivity index (χ0) is 12.6. The van der Waals surface area contributed by atoms with Gasteiger partial charge in [-0.3, -0.25) is 4.79 Å². The van der Waals surface area contributed by atoms with Gasteiger partial charge in [-0.1, -0.05) is 6.92 Å². The number of thiophene rings is 1. The van der Waals surface area contributed by atoms with Crippen LogP contribution < -0.4 is 11.1 Å². The third kappa shape index (κ3) is 2.63. The Kier molecular flexibility index (Phi) is 3.17. The van der Waals surface area contributed by atoms with E-state index >= 15 is 0 Å². The first-order valence-electron chi connectivity index (χ1n) is 6.14. The van der Waals surface area contributed by atoms with E-state index in [1.165, 1.54) is 24.2 Å². The normalized spacial score (nSPS) is 15.9. The number of hydrogen-bond acceptors (Lipinski definition) is 4. The molecule has 0 spiro atoms. The van der Waals surface area contributed by atoms with Crippen LogP contribution in [0.4, 0.5) is 10.7 Å². The second kappa shape index (κ2) is 4.33. The molecule has 1 aromatic heterocycles. The summed E-state index contributed by atoms with van der Waals surface area (Å²) in [5.41, 5.74) is 6.59. The van der Waals surface area contributed by atoms with Crippen LogP contribution in [-0.2, 0) is 0 Å². The van der Waals surface area contributed by atoms with Gasteiger partial charge in [0.25, 0.3) is 0 Å². The first-order valence-corrected chi connectivity index (χ1v) is 6.96. The second-order valence-electron chi connectivity index (χ2n) is 5.29. The van der Waals surface area contributed by atoms with E-state index in [2.05, 4.69) is 19.2 Å². The fraction of sp³-hybridized carbons (Fsp3) is 0.615. The summed E-state index contributed by atoms with van der Waals surface area (Å²) in [6.45, 7) is 6.28. The van der Waals surface area contributed by atoms with Crippen LogP contribution in [0.1, 0.15) is 49.7 Å². The summed E-state index contributed by atoms with van der Waals surface area (Å²) < 4.78 is 0. The molecular weight excluding hydrogens is 232 g/mol. The zero-order valence-electron chi connectivity index (χ0n) is 10.7. The van der Waals surface area contributed by atoms with E-state index in [-0.39, 0.29) is 11.3 Å². The van der Waals surface area contributed by atoms with Crippen molar-refractivity contribution in [3.05, 3.63) is 10.9 Å². The van der Waals surface area contributed by atoms with E-state index in [9.17, 15) is 4.79 Å². The number of nitrogen functional groups attached to an aromatic ring is 1. The minimum absolute atomic E-state index is 0.101. The Balaban J connectivity index is 2.14. The summed E-state index contributed by atoms with van der Waals surface area (Å²) in [4.78, 5) is 12.4. The molecular formula is C13H20N2OS. The topological polar surface area (TPSA) is 55.1 Å². The van der Waals surface area contributed by atoms with Crippen LogP contribution in [0.25, 0.3) is 0 Å². The van der Waals surface area contributed by atoms with Crippen LogP contribution in [0.2, 0.25) is 0 Å². The van der Waals surface area contributed by atoms with Crippen molar-refractivity contribution in [2.24, 2.45) is 5.92 Å². The number of hydrogen-bond donors (Lipinski definition) is 2. The first kappa shape index (κ1) is 12.4. The molecule has 0 aromatic carbocycles. The lowest BCUT2D eigenvalue weighted by Gasteiger charge is -2.26. The standard InChI is InChI=1S/C13H20N2OS/c1-4-10(16)12-9(14)7-11(17-12)15-13(2,3)8-5-6-8/h7-8,15H,4-6,14H2,1-3H3. The van der Waals surface area contributed by atoms with Gasteiger partial charge in [0.15, 0.2) is 5.78 Å². The van der Waals surface area contributed by atoms with Gasteiger partial charge in [-0.25, -0.2) is 0 Å². The second-order valence-corrected chi connectivity index (χ2v) is 6.35. The van der Waals surface area contributed by atoms with Crippen molar-refractivity contribution in [2.45, 2.75) is 45.6 Å². The average Bonchev–Trinajstić information content (AvgIpc) is 3.04. The Labute approximate surface area is 106 Å². The number of nitrogens with two attached hydrogens (primary N) is 1. The van der Waals surface area contributed by atoms with Crippen LogP contribution >= 0.6 is 11.3 Å². The SMILES string of the molecule is CCC(=O)c1sc(NC(C)(C)C2CC2)cc1N. The van der Waals surface area contributed by atoms with Crippen molar-refractivity contribution in [1.82, 2.24) is 0 Å². The molecule has 4 heteroatoms. The maximum atomic E-state index is 11.7. The van der Waals surface area contributed by atoms with Gasteiger partial charge < -0.3 is 11.1 Å². The highest BCUT2D eigenvalue weighted by molar-refractivity contribution is 7.18. The molecule has 1 aliphatic carbocycles. The fourth-order valence-electron chi connectivity index (χ4n) is 2.07. The number of nitrogens with one attached hydrogen (secondary N) is 1. The predicted octanol–water partition coefficient (Wildman–Crippen LogP) is 3.52. The van der Waals surface area contributed by atoms with Crippen LogP contribution in [-0.4, -0.2) is 11.3 Å². The largest absolute Gasteiger partial charge is 0.397 e. The summed E-state index contributed by atoms with van der Waals surface area (Å²) >= 11 is 1.48. The van der Waals surface area contributed by atoms with Crippen molar-refractivity contribution in [2.75, 3.05) is 11.1 Å². The van der Waals surface area contributed by atoms with Crippen molar-refractivity contribution < 1.29 is 4.79 Å². The highest BCUT2D eigenvalue weighted by Gasteiger charge is 2.38. The van der Waals surface area contributed by atoms with E-state index in [1.807, 2.05) is 13.0 Å². The van der Waals surface area contributed by atoms with E-state index in [1.54, 1.807) is 0 Å². The van der Waals surface area contributed by atoms with E-state index in [4.69, 9.17) is 5.73 Å². The van der Waals surface area contributed by atoms with Gasteiger partial charge >= 0.3 is 0 Å². The number of carbonyl (C=O) groups is 1.